The number of hydrogen-bond acceptors (Lipinski definition) is 2. The summed E-state index contributed by atoms with van der Waals surface area (Å²) in [6.07, 6.45) is 7.90. The number of aromatic nitrogens is 2. The second-order valence-electron chi connectivity index (χ2n) is 6.17. The van der Waals surface area contributed by atoms with E-state index in [1.807, 2.05) is 24.4 Å². The van der Waals surface area contributed by atoms with Gasteiger partial charge in [-0.05, 0) is 55.7 Å². The second kappa shape index (κ2) is 7.82. The molecule has 0 aliphatic heterocycles. The Bertz CT molecular complexity index is 811. The highest BCUT2D eigenvalue weighted by atomic mass is 35.5. The average Bonchev–Trinajstić information content (AvgIpc) is 2.87. The molecule has 1 aromatic carbocycles. The molecule has 3 nitrogen and oxygen atoms in total. The molecule has 2 aromatic heterocycles. The molecule has 0 aliphatic rings. The summed E-state index contributed by atoms with van der Waals surface area (Å²) in [4.78, 5) is 4.28. The van der Waals surface area contributed by atoms with E-state index in [4.69, 9.17) is 16.7 Å². The zero-order valence-corrected chi connectivity index (χ0v) is 14.8. The van der Waals surface area contributed by atoms with Crippen LogP contribution in [0.1, 0.15) is 31.2 Å². The molecule has 0 atom stereocenters. The molecular formula is C20H23ClN2O. The van der Waals surface area contributed by atoms with Crippen LogP contribution >= 0.6 is 11.6 Å². The number of nitrogens with zero attached hydrogens (tertiary/aromatic N) is 2. The Labute approximate surface area is 147 Å². The van der Waals surface area contributed by atoms with Crippen molar-refractivity contribution in [3.63, 3.8) is 0 Å². The van der Waals surface area contributed by atoms with Crippen LogP contribution in [0.5, 0.6) is 0 Å². The van der Waals surface area contributed by atoms with Crippen molar-refractivity contribution in [2.24, 2.45) is 0 Å². The molecule has 0 unspecified atom stereocenters. The van der Waals surface area contributed by atoms with Crippen molar-refractivity contribution in [2.45, 2.75) is 39.2 Å². The molecule has 24 heavy (non-hydrogen) atoms. The molecule has 0 radical (unpaired) electrons. The van der Waals surface area contributed by atoms with Crippen molar-refractivity contribution in [2.75, 3.05) is 6.61 Å². The van der Waals surface area contributed by atoms with Gasteiger partial charge in [0.2, 0.25) is 0 Å². The van der Waals surface area contributed by atoms with Gasteiger partial charge in [-0.25, -0.2) is 0 Å². The number of unbranched alkanes of at least 4 members (excludes halogenated alkanes) is 3. The summed E-state index contributed by atoms with van der Waals surface area (Å²) < 4.78 is 2.39. The Hall–Kier alpha value is -1.84. The molecule has 0 saturated carbocycles. The minimum atomic E-state index is 0.283. The number of aliphatic hydroxyl groups is 1. The highest BCUT2D eigenvalue weighted by Crippen LogP contribution is 2.34. The lowest BCUT2D eigenvalue weighted by molar-refractivity contribution is 0.282. The van der Waals surface area contributed by atoms with Gasteiger partial charge in [0.25, 0.3) is 0 Å². The molecule has 0 aliphatic carbocycles. The summed E-state index contributed by atoms with van der Waals surface area (Å²) in [7, 11) is 0. The van der Waals surface area contributed by atoms with Crippen LogP contribution in [-0.4, -0.2) is 21.3 Å². The summed E-state index contributed by atoms with van der Waals surface area (Å²) in [6, 6.07) is 10.2. The van der Waals surface area contributed by atoms with Gasteiger partial charge >= 0.3 is 0 Å². The van der Waals surface area contributed by atoms with Crippen molar-refractivity contribution in [3.8, 4) is 11.3 Å². The number of aliphatic hydroxyl groups excluding tert-OH is 1. The molecular weight excluding hydrogens is 320 g/mol. The SMILES string of the molecule is Cc1c(-c2cccnc2)n(CCCCCCO)c2ccc(Cl)cc12. The summed E-state index contributed by atoms with van der Waals surface area (Å²) in [5.74, 6) is 0. The summed E-state index contributed by atoms with van der Waals surface area (Å²) >= 11 is 6.21. The van der Waals surface area contributed by atoms with E-state index >= 15 is 0 Å². The van der Waals surface area contributed by atoms with Crippen LogP contribution in [0.2, 0.25) is 5.02 Å². The third-order valence-electron chi connectivity index (χ3n) is 4.50. The van der Waals surface area contributed by atoms with Gasteiger partial charge in [-0.2, -0.15) is 0 Å². The molecule has 126 valence electrons. The van der Waals surface area contributed by atoms with Crippen LogP contribution in [-0.2, 0) is 6.54 Å². The second-order valence-corrected chi connectivity index (χ2v) is 6.60. The molecule has 1 N–H and O–H groups in total. The highest BCUT2D eigenvalue weighted by Gasteiger charge is 2.16. The van der Waals surface area contributed by atoms with Crippen LogP contribution in [0.3, 0.4) is 0 Å². The lowest BCUT2D eigenvalue weighted by Crippen LogP contribution is -2.01. The summed E-state index contributed by atoms with van der Waals surface area (Å²) in [5.41, 5.74) is 4.83. The molecule has 0 saturated heterocycles. The van der Waals surface area contributed by atoms with Crippen LogP contribution in [0.25, 0.3) is 22.2 Å². The first kappa shape index (κ1) is 17.0. The molecule has 4 heteroatoms. The Morgan fingerprint density at radius 3 is 2.71 bits per heavy atom. The maximum absolute atomic E-state index is 8.92. The normalized spacial score (nSPS) is 11.3. The number of hydrogen-bond donors (Lipinski definition) is 1. The Morgan fingerprint density at radius 2 is 1.96 bits per heavy atom. The maximum atomic E-state index is 8.92. The lowest BCUT2D eigenvalue weighted by atomic mass is 10.1. The van der Waals surface area contributed by atoms with Gasteiger partial charge in [0, 0.05) is 47.0 Å². The van der Waals surface area contributed by atoms with E-state index in [0.717, 1.165) is 42.8 Å². The molecule has 0 spiro atoms. The van der Waals surface area contributed by atoms with E-state index in [1.165, 1.54) is 22.2 Å². The Kier molecular flexibility index (Phi) is 5.54. The predicted molar refractivity (Wildman–Crippen MR) is 100 cm³/mol. The first-order valence-corrected chi connectivity index (χ1v) is 8.90. The van der Waals surface area contributed by atoms with Crippen LogP contribution in [0.15, 0.2) is 42.7 Å². The number of benzene rings is 1. The third-order valence-corrected chi connectivity index (χ3v) is 4.74. The third kappa shape index (κ3) is 3.47. The molecule has 0 amide bonds. The Balaban J connectivity index is 2.01. The van der Waals surface area contributed by atoms with Gasteiger partial charge in [0.15, 0.2) is 0 Å². The fourth-order valence-electron chi connectivity index (χ4n) is 3.34. The van der Waals surface area contributed by atoms with Crippen molar-refractivity contribution >= 4 is 22.5 Å². The maximum Gasteiger partial charge on any atom is 0.0536 e. The standard InChI is InChI=1S/C20H23ClN2O/c1-15-18-13-17(21)8-9-19(18)23(11-4-2-3-5-12-24)20(15)16-7-6-10-22-14-16/h6-10,13-14,24H,2-5,11-12H2,1H3. The van der Waals surface area contributed by atoms with Crippen LogP contribution in [0, 0.1) is 6.92 Å². The molecule has 3 rings (SSSR count). The number of pyridine rings is 1. The Morgan fingerprint density at radius 1 is 1.12 bits per heavy atom. The smallest absolute Gasteiger partial charge is 0.0536 e. The largest absolute Gasteiger partial charge is 0.396 e. The monoisotopic (exact) mass is 342 g/mol. The number of rotatable bonds is 7. The zero-order chi connectivity index (χ0) is 16.9. The zero-order valence-electron chi connectivity index (χ0n) is 14.0. The minimum Gasteiger partial charge on any atom is -0.396 e. The summed E-state index contributed by atoms with van der Waals surface area (Å²) in [6.45, 7) is 3.40. The fourth-order valence-corrected chi connectivity index (χ4v) is 3.51. The van der Waals surface area contributed by atoms with Gasteiger partial charge in [-0.1, -0.05) is 24.4 Å². The van der Waals surface area contributed by atoms with E-state index < -0.39 is 0 Å². The highest BCUT2D eigenvalue weighted by molar-refractivity contribution is 6.31. The van der Waals surface area contributed by atoms with Gasteiger partial charge < -0.3 is 9.67 Å². The predicted octanol–water partition coefficient (Wildman–Crippen LogP) is 5.22. The van der Waals surface area contributed by atoms with E-state index in [1.54, 1.807) is 6.20 Å². The van der Waals surface area contributed by atoms with Crippen LogP contribution in [0.4, 0.5) is 0 Å². The van der Waals surface area contributed by atoms with Crippen molar-refractivity contribution in [1.29, 1.82) is 0 Å². The topological polar surface area (TPSA) is 38.0 Å². The summed E-state index contributed by atoms with van der Waals surface area (Å²) in [5, 5.41) is 10.9. The first-order valence-electron chi connectivity index (χ1n) is 8.52. The van der Waals surface area contributed by atoms with Crippen molar-refractivity contribution in [1.82, 2.24) is 9.55 Å². The van der Waals surface area contributed by atoms with Gasteiger partial charge in [0.1, 0.15) is 0 Å². The van der Waals surface area contributed by atoms with Gasteiger partial charge in [-0.15, -0.1) is 0 Å². The van der Waals surface area contributed by atoms with Crippen LogP contribution < -0.4 is 0 Å². The minimum absolute atomic E-state index is 0.283. The quantitative estimate of drug-likeness (QED) is 0.598. The number of fused-ring (bicyclic) bond motifs is 1. The van der Waals surface area contributed by atoms with Gasteiger partial charge in [-0.3, -0.25) is 4.98 Å². The fraction of sp³-hybridized carbons (Fsp3) is 0.350. The van der Waals surface area contributed by atoms with Crippen molar-refractivity contribution < 1.29 is 5.11 Å². The molecule has 0 bridgehead atoms. The number of halogens is 1. The van der Waals surface area contributed by atoms with E-state index in [-0.39, 0.29) is 6.61 Å². The van der Waals surface area contributed by atoms with E-state index in [2.05, 4.69) is 28.6 Å². The average molecular weight is 343 g/mol. The molecule has 0 fully saturated rings. The van der Waals surface area contributed by atoms with E-state index in [9.17, 15) is 0 Å². The van der Waals surface area contributed by atoms with Gasteiger partial charge in [0.05, 0.1) is 5.69 Å². The van der Waals surface area contributed by atoms with Crippen molar-refractivity contribution in [3.05, 3.63) is 53.3 Å². The lowest BCUT2D eigenvalue weighted by Gasteiger charge is -2.11. The molecule has 2 heterocycles. The first-order chi connectivity index (χ1) is 11.7. The number of aryl methyl sites for hydroxylation is 2. The van der Waals surface area contributed by atoms with E-state index in [0.29, 0.717) is 0 Å². The molecule has 3 aromatic rings.